The maximum Gasteiger partial charge on any atom is 0.222 e. The number of carbonyl (C=O) groups excluding carboxylic acids is 2. The Morgan fingerprint density at radius 3 is 3.04 bits per heavy atom. The van der Waals surface area contributed by atoms with Gasteiger partial charge in [-0.3, -0.25) is 9.59 Å². The smallest absolute Gasteiger partial charge is 0.222 e. The number of fused-ring (bicyclic) bond motifs is 1. The average Bonchev–Trinajstić information content (AvgIpc) is 2.95. The average molecular weight is 344 g/mol. The first-order valence-corrected chi connectivity index (χ1v) is 9.47. The van der Waals surface area contributed by atoms with Gasteiger partial charge in [-0.1, -0.05) is 24.6 Å². The van der Waals surface area contributed by atoms with Crippen molar-refractivity contribution in [3.8, 4) is 5.75 Å². The van der Waals surface area contributed by atoms with E-state index in [4.69, 9.17) is 4.74 Å². The van der Waals surface area contributed by atoms with Crippen LogP contribution < -0.4 is 10.1 Å². The van der Waals surface area contributed by atoms with Crippen molar-refractivity contribution in [3.63, 3.8) is 0 Å². The van der Waals surface area contributed by atoms with Crippen LogP contribution in [-0.2, 0) is 16.0 Å². The van der Waals surface area contributed by atoms with E-state index in [1.807, 2.05) is 23.1 Å². The topological polar surface area (TPSA) is 58.6 Å². The lowest BCUT2D eigenvalue weighted by atomic mass is 9.97. The monoisotopic (exact) mass is 344 g/mol. The zero-order valence-electron chi connectivity index (χ0n) is 14.8. The SMILES string of the molecule is O=C(CCN1CCCCCC1=O)NC[C@H]1CCOc2ccccc2C1. The van der Waals surface area contributed by atoms with Crippen LogP contribution in [0.25, 0.3) is 0 Å². The quantitative estimate of drug-likeness (QED) is 0.893. The van der Waals surface area contributed by atoms with Gasteiger partial charge in [0, 0.05) is 32.5 Å². The lowest BCUT2D eigenvalue weighted by Crippen LogP contribution is -2.36. The number of ether oxygens (including phenoxy) is 1. The minimum absolute atomic E-state index is 0.0375. The van der Waals surface area contributed by atoms with E-state index in [0.29, 0.717) is 38.5 Å². The van der Waals surface area contributed by atoms with E-state index < -0.39 is 0 Å². The number of para-hydroxylation sites is 1. The van der Waals surface area contributed by atoms with E-state index in [0.717, 1.165) is 44.4 Å². The van der Waals surface area contributed by atoms with Gasteiger partial charge in [0.1, 0.15) is 5.75 Å². The Morgan fingerprint density at radius 2 is 2.12 bits per heavy atom. The van der Waals surface area contributed by atoms with Crippen LogP contribution >= 0.6 is 0 Å². The summed E-state index contributed by atoms with van der Waals surface area (Å²) in [4.78, 5) is 26.0. The third kappa shape index (κ3) is 5.21. The van der Waals surface area contributed by atoms with Gasteiger partial charge in [0.2, 0.25) is 11.8 Å². The predicted octanol–water partition coefficient (Wildman–Crippen LogP) is 2.54. The van der Waals surface area contributed by atoms with Crippen molar-refractivity contribution in [1.29, 1.82) is 0 Å². The van der Waals surface area contributed by atoms with Crippen LogP contribution in [0, 0.1) is 5.92 Å². The fourth-order valence-corrected chi connectivity index (χ4v) is 3.59. The highest BCUT2D eigenvalue weighted by Gasteiger charge is 2.19. The molecule has 1 aromatic rings. The van der Waals surface area contributed by atoms with Crippen molar-refractivity contribution in [2.45, 2.75) is 44.9 Å². The van der Waals surface area contributed by atoms with Crippen molar-refractivity contribution in [2.24, 2.45) is 5.92 Å². The Hall–Kier alpha value is -2.04. The van der Waals surface area contributed by atoms with Gasteiger partial charge in [0.05, 0.1) is 6.61 Å². The molecular formula is C20H28N2O3. The molecule has 3 rings (SSSR count). The van der Waals surface area contributed by atoms with E-state index >= 15 is 0 Å². The third-order valence-electron chi connectivity index (χ3n) is 5.13. The highest BCUT2D eigenvalue weighted by atomic mass is 16.5. The van der Waals surface area contributed by atoms with E-state index in [1.54, 1.807) is 0 Å². The normalized spacial score (nSPS) is 20.9. The van der Waals surface area contributed by atoms with Crippen molar-refractivity contribution in [2.75, 3.05) is 26.2 Å². The fourth-order valence-electron chi connectivity index (χ4n) is 3.59. The number of benzene rings is 1. The van der Waals surface area contributed by atoms with Crippen molar-refractivity contribution in [3.05, 3.63) is 29.8 Å². The zero-order chi connectivity index (χ0) is 17.5. The molecule has 25 heavy (non-hydrogen) atoms. The van der Waals surface area contributed by atoms with Gasteiger partial charge in [-0.25, -0.2) is 0 Å². The van der Waals surface area contributed by atoms with Gasteiger partial charge in [-0.05, 0) is 43.2 Å². The van der Waals surface area contributed by atoms with Gasteiger partial charge >= 0.3 is 0 Å². The number of nitrogens with one attached hydrogen (secondary N) is 1. The summed E-state index contributed by atoms with van der Waals surface area (Å²) in [6, 6.07) is 8.13. The molecule has 0 bridgehead atoms. The summed E-state index contributed by atoms with van der Waals surface area (Å²) >= 11 is 0. The number of carbonyl (C=O) groups is 2. The summed E-state index contributed by atoms with van der Waals surface area (Å²) in [5.74, 6) is 1.60. The molecular weight excluding hydrogens is 316 g/mol. The molecule has 1 aromatic carbocycles. The summed E-state index contributed by atoms with van der Waals surface area (Å²) in [5, 5.41) is 3.05. The number of hydrogen-bond acceptors (Lipinski definition) is 3. The molecule has 0 aromatic heterocycles. The Bertz CT molecular complexity index is 602. The van der Waals surface area contributed by atoms with Crippen LogP contribution in [-0.4, -0.2) is 43.0 Å². The molecule has 0 spiro atoms. The Morgan fingerprint density at radius 1 is 1.24 bits per heavy atom. The number of nitrogens with zero attached hydrogens (tertiary/aromatic N) is 1. The summed E-state index contributed by atoms with van der Waals surface area (Å²) in [7, 11) is 0. The Kier molecular flexibility index (Phi) is 6.31. The Balaban J connectivity index is 1.42. The maximum atomic E-state index is 12.2. The van der Waals surface area contributed by atoms with Gasteiger partial charge in [0.15, 0.2) is 0 Å². The molecule has 2 amide bonds. The molecule has 5 heteroatoms. The van der Waals surface area contributed by atoms with E-state index in [9.17, 15) is 9.59 Å². The lowest BCUT2D eigenvalue weighted by molar-refractivity contribution is -0.131. The molecule has 1 N–H and O–H groups in total. The molecule has 136 valence electrons. The molecule has 2 heterocycles. The summed E-state index contributed by atoms with van der Waals surface area (Å²) < 4.78 is 5.78. The van der Waals surface area contributed by atoms with Crippen LogP contribution in [0.5, 0.6) is 5.75 Å². The van der Waals surface area contributed by atoms with Gasteiger partial charge < -0.3 is 15.0 Å². The van der Waals surface area contributed by atoms with Gasteiger partial charge in [-0.15, -0.1) is 0 Å². The van der Waals surface area contributed by atoms with Crippen molar-refractivity contribution >= 4 is 11.8 Å². The molecule has 2 aliphatic rings. The second kappa shape index (κ2) is 8.88. The number of rotatable bonds is 5. The number of hydrogen-bond donors (Lipinski definition) is 1. The minimum atomic E-state index is 0.0375. The first-order valence-electron chi connectivity index (χ1n) is 9.47. The van der Waals surface area contributed by atoms with Crippen molar-refractivity contribution in [1.82, 2.24) is 10.2 Å². The first-order chi connectivity index (χ1) is 12.2. The highest BCUT2D eigenvalue weighted by molar-refractivity contribution is 5.79. The van der Waals surface area contributed by atoms with Gasteiger partial charge in [0.25, 0.3) is 0 Å². The van der Waals surface area contributed by atoms with E-state index in [-0.39, 0.29) is 11.8 Å². The van der Waals surface area contributed by atoms with Crippen LogP contribution in [0.3, 0.4) is 0 Å². The highest BCUT2D eigenvalue weighted by Crippen LogP contribution is 2.26. The third-order valence-corrected chi connectivity index (χ3v) is 5.13. The van der Waals surface area contributed by atoms with Crippen LogP contribution in [0.15, 0.2) is 24.3 Å². The Labute approximate surface area is 149 Å². The molecule has 0 radical (unpaired) electrons. The molecule has 0 aliphatic carbocycles. The van der Waals surface area contributed by atoms with Crippen LogP contribution in [0.4, 0.5) is 0 Å². The summed E-state index contributed by atoms with van der Waals surface area (Å²) in [6.07, 6.45) is 6.04. The molecule has 1 fully saturated rings. The predicted molar refractivity (Wildman–Crippen MR) is 96.4 cm³/mol. The molecule has 1 saturated heterocycles. The summed E-state index contributed by atoms with van der Waals surface area (Å²) in [5.41, 5.74) is 1.22. The first kappa shape index (κ1) is 17.8. The number of amides is 2. The minimum Gasteiger partial charge on any atom is -0.493 e. The zero-order valence-corrected chi connectivity index (χ0v) is 14.8. The number of likely N-dealkylation sites (tertiary alicyclic amines) is 1. The standard InChI is InChI=1S/C20H28N2O3/c23-19(9-12-22-11-5-1-2-8-20(22)24)21-15-16-10-13-25-18-7-4-3-6-17(18)14-16/h3-4,6-7,16H,1-2,5,8-15H2,(H,21,23)/t16-/m0/s1. The molecule has 5 nitrogen and oxygen atoms in total. The molecule has 1 atom stereocenters. The second-order valence-corrected chi connectivity index (χ2v) is 7.06. The van der Waals surface area contributed by atoms with Crippen LogP contribution in [0.2, 0.25) is 0 Å². The van der Waals surface area contributed by atoms with Gasteiger partial charge in [-0.2, -0.15) is 0 Å². The van der Waals surface area contributed by atoms with Crippen LogP contribution in [0.1, 0.15) is 44.1 Å². The largest absolute Gasteiger partial charge is 0.493 e. The molecule has 0 unspecified atom stereocenters. The molecule has 2 aliphatic heterocycles. The van der Waals surface area contributed by atoms with Crippen molar-refractivity contribution < 1.29 is 14.3 Å². The van der Waals surface area contributed by atoms with E-state index in [1.165, 1.54) is 5.56 Å². The molecule has 0 saturated carbocycles. The second-order valence-electron chi connectivity index (χ2n) is 7.06. The lowest BCUT2D eigenvalue weighted by Gasteiger charge is -2.20. The van der Waals surface area contributed by atoms with E-state index in [2.05, 4.69) is 11.4 Å². The maximum absolute atomic E-state index is 12.2. The fraction of sp³-hybridized carbons (Fsp3) is 0.600. The summed E-state index contributed by atoms with van der Waals surface area (Å²) in [6.45, 7) is 2.70.